The molecule has 1 amide bonds. The molecule has 2 atom stereocenters. The lowest BCUT2D eigenvalue weighted by Crippen LogP contribution is -2.45. The molecule has 0 radical (unpaired) electrons. The second-order valence-electron chi connectivity index (χ2n) is 8.02. The molecular weight excluding hydrogens is 375 g/mol. The van der Waals surface area contributed by atoms with E-state index in [1.165, 1.54) is 11.6 Å². The summed E-state index contributed by atoms with van der Waals surface area (Å²) in [6.45, 7) is 1.95. The summed E-state index contributed by atoms with van der Waals surface area (Å²) in [5.74, 6) is 0.422. The Kier molecular flexibility index (Phi) is 6.41. The fourth-order valence-electron chi connectivity index (χ4n) is 5.05. The zero-order valence-corrected chi connectivity index (χ0v) is 16.8. The van der Waals surface area contributed by atoms with Gasteiger partial charge in [-0.3, -0.25) is 4.79 Å². The van der Waals surface area contributed by atoms with Gasteiger partial charge in [0.1, 0.15) is 5.82 Å². The molecule has 1 aliphatic carbocycles. The quantitative estimate of drug-likeness (QED) is 0.830. The lowest BCUT2D eigenvalue weighted by Gasteiger charge is -2.33. The SMILES string of the molecule is Cl.NC[C@@H]1CN(C(=O)C2(c3cccc(F)c3)CCCC2)C[C@H]1c1ccccc1. The first-order valence-corrected chi connectivity index (χ1v) is 9.94. The number of carbonyl (C=O) groups is 1. The minimum atomic E-state index is -0.577. The first-order valence-electron chi connectivity index (χ1n) is 9.94. The number of likely N-dealkylation sites (tertiary alicyclic amines) is 1. The monoisotopic (exact) mass is 402 g/mol. The Bertz CT molecular complexity index is 807. The second kappa shape index (κ2) is 8.62. The van der Waals surface area contributed by atoms with E-state index in [1.54, 1.807) is 12.1 Å². The maximum absolute atomic E-state index is 13.9. The number of rotatable bonds is 4. The molecule has 1 aliphatic heterocycles. The van der Waals surface area contributed by atoms with Gasteiger partial charge in [0.15, 0.2) is 0 Å². The van der Waals surface area contributed by atoms with Crippen LogP contribution in [-0.2, 0) is 10.2 Å². The largest absolute Gasteiger partial charge is 0.341 e. The van der Waals surface area contributed by atoms with E-state index >= 15 is 0 Å². The van der Waals surface area contributed by atoms with Crippen LogP contribution in [0.15, 0.2) is 54.6 Å². The molecule has 2 aromatic rings. The minimum absolute atomic E-state index is 0. The van der Waals surface area contributed by atoms with E-state index < -0.39 is 5.41 Å². The van der Waals surface area contributed by atoms with E-state index in [4.69, 9.17) is 5.73 Å². The van der Waals surface area contributed by atoms with Crippen LogP contribution in [-0.4, -0.2) is 30.4 Å². The van der Waals surface area contributed by atoms with Gasteiger partial charge in [-0.15, -0.1) is 12.4 Å². The van der Waals surface area contributed by atoms with Crippen LogP contribution in [0.5, 0.6) is 0 Å². The number of nitrogens with two attached hydrogens (primary N) is 1. The fourth-order valence-corrected chi connectivity index (χ4v) is 5.05. The summed E-state index contributed by atoms with van der Waals surface area (Å²) >= 11 is 0. The van der Waals surface area contributed by atoms with E-state index in [9.17, 15) is 9.18 Å². The van der Waals surface area contributed by atoms with Gasteiger partial charge in [-0.05, 0) is 48.6 Å². The predicted octanol–water partition coefficient (Wildman–Crippen LogP) is 4.26. The smallest absolute Gasteiger partial charge is 0.233 e. The number of carbonyl (C=O) groups excluding carboxylic acids is 1. The summed E-state index contributed by atoms with van der Waals surface area (Å²) in [5, 5.41) is 0. The normalized spacial score (nSPS) is 23.4. The van der Waals surface area contributed by atoms with Crippen molar-refractivity contribution in [3.05, 3.63) is 71.5 Å². The van der Waals surface area contributed by atoms with Crippen molar-refractivity contribution in [2.45, 2.75) is 37.0 Å². The number of halogens is 2. The van der Waals surface area contributed by atoms with Crippen LogP contribution in [0.2, 0.25) is 0 Å². The molecule has 28 heavy (non-hydrogen) atoms. The molecule has 1 saturated carbocycles. The summed E-state index contributed by atoms with van der Waals surface area (Å²) in [6, 6.07) is 17.0. The van der Waals surface area contributed by atoms with Crippen molar-refractivity contribution in [1.29, 1.82) is 0 Å². The van der Waals surface area contributed by atoms with Gasteiger partial charge in [0.2, 0.25) is 5.91 Å². The molecule has 3 nitrogen and oxygen atoms in total. The van der Waals surface area contributed by atoms with Gasteiger partial charge >= 0.3 is 0 Å². The maximum atomic E-state index is 13.9. The number of amides is 1. The van der Waals surface area contributed by atoms with E-state index in [0.29, 0.717) is 19.6 Å². The topological polar surface area (TPSA) is 46.3 Å². The summed E-state index contributed by atoms with van der Waals surface area (Å²) in [7, 11) is 0. The molecule has 2 aromatic carbocycles. The van der Waals surface area contributed by atoms with Crippen LogP contribution in [0.4, 0.5) is 4.39 Å². The first kappa shape index (κ1) is 20.8. The number of benzene rings is 2. The second-order valence-corrected chi connectivity index (χ2v) is 8.02. The third-order valence-electron chi connectivity index (χ3n) is 6.50. The van der Waals surface area contributed by atoms with Crippen LogP contribution in [0.1, 0.15) is 42.7 Å². The van der Waals surface area contributed by atoms with Crippen LogP contribution < -0.4 is 5.73 Å². The van der Waals surface area contributed by atoms with E-state index in [2.05, 4.69) is 12.1 Å². The average Bonchev–Trinajstić information content (AvgIpc) is 3.36. The van der Waals surface area contributed by atoms with Crippen LogP contribution in [0, 0.1) is 11.7 Å². The highest BCUT2D eigenvalue weighted by atomic mass is 35.5. The van der Waals surface area contributed by atoms with E-state index in [-0.39, 0.29) is 36.0 Å². The van der Waals surface area contributed by atoms with E-state index in [0.717, 1.165) is 31.2 Å². The molecule has 1 saturated heterocycles. The summed E-state index contributed by atoms with van der Waals surface area (Å²) < 4.78 is 13.9. The first-order chi connectivity index (χ1) is 13.1. The van der Waals surface area contributed by atoms with Crippen molar-refractivity contribution in [2.24, 2.45) is 11.7 Å². The molecule has 2 N–H and O–H groups in total. The van der Waals surface area contributed by atoms with Crippen molar-refractivity contribution >= 4 is 18.3 Å². The minimum Gasteiger partial charge on any atom is -0.341 e. The highest BCUT2D eigenvalue weighted by Crippen LogP contribution is 2.44. The van der Waals surface area contributed by atoms with Gasteiger partial charge in [-0.2, -0.15) is 0 Å². The molecule has 2 fully saturated rings. The van der Waals surface area contributed by atoms with Crippen molar-refractivity contribution in [2.75, 3.05) is 19.6 Å². The Hall–Kier alpha value is -1.91. The molecule has 2 aliphatic rings. The highest BCUT2D eigenvalue weighted by molar-refractivity contribution is 5.89. The summed E-state index contributed by atoms with van der Waals surface area (Å²) in [5.41, 5.74) is 7.55. The predicted molar refractivity (Wildman–Crippen MR) is 112 cm³/mol. The molecular formula is C23H28ClFN2O. The van der Waals surface area contributed by atoms with Crippen molar-refractivity contribution in [3.63, 3.8) is 0 Å². The van der Waals surface area contributed by atoms with Crippen molar-refractivity contribution < 1.29 is 9.18 Å². The molecule has 5 heteroatoms. The Morgan fingerprint density at radius 2 is 1.79 bits per heavy atom. The Morgan fingerprint density at radius 1 is 1.07 bits per heavy atom. The summed E-state index contributed by atoms with van der Waals surface area (Å²) in [4.78, 5) is 15.7. The number of hydrogen-bond donors (Lipinski definition) is 1. The van der Waals surface area contributed by atoms with Crippen LogP contribution in [0.25, 0.3) is 0 Å². The molecule has 0 aromatic heterocycles. The van der Waals surface area contributed by atoms with Gasteiger partial charge in [0.25, 0.3) is 0 Å². The van der Waals surface area contributed by atoms with Gasteiger partial charge in [-0.1, -0.05) is 55.3 Å². The average molecular weight is 403 g/mol. The zero-order valence-electron chi connectivity index (χ0n) is 16.0. The van der Waals surface area contributed by atoms with Gasteiger partial charge in [0.05, 0.1) is 5.41 Å². The Balaban J connectivity index is 0.00000225. The zero-order chi connectivity index (χ0) is 18.9. The molecule has 0 bridgehead atoms. The Morgan fingerprint density at radius 3 is 2.43 bits per heavy atom. The fraction of sp³-hybridized carbons (Fsp3) is 0.435. The number of hydrogen-bond acceptors (Lipinski definition) is 2. The van der Waals surface area contributed by atoms with Gasteiger partial charge in [-0.25, -0.2) is 4.39 Å². The van der Waals surface area contributed by atoms with Gasteiger partial charge < -0.3 is 10.6 Å². The van der Waals surface area contributed by atoms with E-state index in [1.807, 2.05) is 29.2 Å². The molecule has 4 rings (SSSR count). The highest BCUT2D eigenvalue weighted by Gasteiger charge is 2.48. The molecule has 150 valence electrons. The molecule has 1 heterocycles. The van der Waals surface area contributed by atoms with Gasteiger partial charge in [0, 0.05) is 19.0 Å². The standard InChI is InChI=1S/C23H27FN2O.ClH/c24-20-10-6-9-19(13-20)23(11-4-5-12-23)22(27)26-15-18(14-25)21(16-26)17-7-2-1-3-8-17;/h1-3,6-10,13,18,21H,4-5,11-12,14-16,25H2;1H/t18-,21+;/m1./s1. The molecule has 0 unspecified atom stereocenters. The third kappa shape index (κ3) is 3.68. The Labute approximate surface area is 172 Å². The number of nitrogens with zero attached hydrogens (tertiary/aromatic N) is 1. The lowest BCUT2D eigenvalue weighted by molar-refractivity contribution is -0.136. The maximum Gasteiger partial charge on any atom is 0.233 e. The summed E-state index contributed by atoms with van der Waals surface area (Å²) in [6.07, 6.45) is 3.63. The molecule has 0 spiro atoms. The third-order valence-corrected chi connectivity index (χ3v) is 6.50. The van der Waals surface area contributed by atoms with Crippen LogP contribution in [0.3, 0.4) is 0 Å². The van der Waals surface area contributed by atoms with Crippen molar-refractivity contribution in [1.82, 2.24) is 4.90 Å². The lowest BCUT2D eigenvalue weighted by atomic mass is 9.77. The van der Waals surface area contributed by atoms with Crippen LogP contribution >= 0.6 is 12.4 Å². The van der Waals surface area contributed by atoms with Crippen molar-refractivity contribution in [3.8, 4) is 0 Å².